The van der Waals surface area contributed by atoms with Crippen molar-refractivity contribution in [1.29, 1.82) is 0 Å². The van der Waals surface area contributed by atoms with Crippen LogP contribution >= 0.6 is 27.5 Å². The van der Waals surface area contributed by atoms with Crippen LogP contribution in [0.2, 0.25) is 5.02 Å². The van der Waals surface area contributed by atoms with E-state index in [2.05, 4.69) is 15.9 Å². The summed E-state index contributed by atoms with van der Waals surface area (Å²) in [7, 11) is -1.55. The second-order valence-electron chi connectivity index (χ2n) is 5.30. The van der Waals surface area contributed by atoms with Crippen LogP contribution in [0.3, 0.4) is 0 Å². The topological polar surface area (TPSA) is 49.7 Å². The van der Waals surface area contributed by atoms with Crippen molar-refractivity contribution in [2.24, 2.45) is 0 Å². The highest BCUT2D eigenvalue weighted by molar-refractivity contribution is 9.10. The summed E-state index contributed by atoms with van der Waals surface area (Å²) < 4.78 is 19.6. The van der Waals surface area contributed by atoms with Crippen LogP contribution in [0.1, 0.15) is 27.7 Å². The lowest BCUT2D eigenvalue weighted by molar-refractivity contribution is -0.0983. The summed E-state index contributed by atoms with van der Waals surface area (Å²) >= 11 is 8.82. The highest BCUT2D eigenvalue weighted by Crippen LogP contribution is 2.26. The van der Waals surface area contributed by atoms with Gasteiger partial charge in [-0.05, 0) is 39.8 Å². The summed E-state index contributed by atoms with van der Waals surface area (Å²) in [6, 6.07) is 2.89. The minimum Gasteiger partial charge on any atom is -0.423 e. The maximum atomic E-state index is 13.9. The number of hydrogen-bond donors (Lipinski definition) is 2. The number of rotatable bonds is 4. The molecule has 0 radical (unpaired) electrons. The van der Waals surface area contributed by atoms with Crippen molar-refractivity contribution in [2.75, 3.05) is 0 Å². The summed E-state index contributed by atoms with van der Waals surface area (Å²) in [6.07, 6.45) is 0. The Morgan fingerprint density at radius 2 is 1.84 bits per heavy atom. The van der Waals surface area contributed by atoms with Gasteiger partial charge < -0.3 is 14.8 Å². The predicted octanol–water partition coefficient (Wildman–Crippen LogP) is 2.50. The van der Waals surface area contributed by atoms with Gasteiger partial charge in [-0.1, -0.05) is 27.5 Å². The molecule has 0 bridgehead atoms. The Balaban J connectivity index is 3.10. The van der Waals surface area contributed by atoms with Gasteiger partial charge in [0.25, 0.3) is 0 Å². The fourth-order valence-electron chi connectivity index (χ4n) is 1.25. The first-order valence-electron chi connectivity index (χ1n) is 5.69. The standard InChI is InChI=1S/C12H16BBrClFO3/c1-11(2,17)12(3,4)19-13(18)9-7(14)5-6-8(15)10(9)16/h5-6,17-18H,1-4H3. The molecule has 1 aromatic carbocycles. The van der Waals surface area contributed by atoms with Gasteiger partial charge in [0.2, 0.25) is 0 Å². The van der Waals surface area contributed by atoms with Crippen molar-refractivity contribution in [3.8, 4) is 0 Å². The fraction of sp³-hybridized carbons (Fsp3) is 0.500. The van der Waals surface area contributed by atoms with Gasteiger partial charge in [-0.15, -0.1) is 0 Å². The van der Waals surface area contributed by atoms with E-state index < -0.39 is 24.1 Å². The van der Waals surface area contributed by atoms with Gasteiger partial charge >= 0.3 is 7.12 Å². The first-order chi connectivity index (χ1) is 8.47. The second-order valence-corrected chi connectivity index (χ2v) is 6.56. The summed E-state index contributed by atoms with van der Waals surface area (Å²) in [5.74, 6) is -0.755. The zero-order valence-corrected chi connectivity index (χ0v) is 13.5. The van der Waals surface area contributed by atoms with Crippen LogP contribution in [0.4, 0.5) is 4.39 Å². The van der Waals surface area contributed by atoms with E-state index in [0.29, 0.717) is 4.47 Å². The lowest BCUT2D eigenvalue weighted by Crippen LogP contribution is -2.53. The van der Waals surface area contributed by atoms with E-state index in [1.54, 1.807) is 27.7 Å². The molecule has 0 heterocycles. The molecule has 106 valence electrons. The molecule has 0 saturated carbocycles. The van der Waals surface area contributed by atoms with Crippen molar-refractivity contribution >= 4 is 40.1 Å². The Hall–Kier alpha value is -0.135. The Morgan fingerprint density at radius 1 is 1.32 bits per heavy atom. The first kappa shape index (κ1) is 16.9. The summed E-state index contributed by atoms with van der Waals surface area (Å²) in [4.78, 5) is 0. The molecule has 2 N–H and O–H groups in total. The van der Waals surface area contributed by atoms with E-state index in [-0.39, 0.29) is 10.5 Å². The molecule has 0 aromatic heterocycles. The minimum absolute atomic E-state index is 0.0928. The van der Waals surface area contributed by atoms with Gasteiger partial charge in [0.15, 0.2) is 0 Å². The van der Waals surface area contributed by atoms with Crippen LogP contribution in [-0.2, 0) is 4.65 Å². The smallest absolute Gasteiger partial charge is 0.423 e. The van der Waals surface area contributed by atoms with Gasteiger partial charge in [-0.3, -0.25) is 0 Å². The largest absolute Gasteiger partial charge is 0.495 e. The van der Waals surface area contributed by atoms with Crippen LogP contribution in [0.5, 0.6) is 0 Å². The highest BCUT2D eigenvalue weighted by atomic mass is 79.9. The van der Waals surface area contributed by atoms with E-state index in [1.165, 1.54) is 12.1 Å². The average Bonchev–Trinajstić information content (AvgIpc) is 2.21. The quantitative estimate of drug-likeness (QED) is 0.646. The molecule has 0 fully saturated rings. The summed E-state index contributed by atoms with van der Waals surface area (Å²) in [5.41, 5.74) is -2.39. The van der Waals surface area contributed by atoms with Crippen molar-refractivity contribution < 1.29 is 19.2 Å². The molecule has 0 unspecified atom stereocenters. The Bertz CT molecular complexity index is 477. The molecule has 19 heavy (non-hydrogen) atoms. The molecule has 1 aromatic rings. The molecule has 0 aliphatic heterocycles. The van der Waals surface area contributed by atoms with Gasteiger partial charge in [0.1, 0.15) is 5.82 Å². The van der Waals surface area contributed by atoms with E-state index in [4.69, 9.17) is 16.3 Å². The molecule has 0 aliphatic rings. The van der Waals surface area contributed by atoms with Gasteiger partial charge in [-0.2, -0.15) is 0 Å². The van der Waals surface area contributed by atoms with E-state index in [1.807, 2.05) is 0 Å². The molecule has 1 rings (SSSR count). The maximum absolute atomic E-state index is 13.9. The molecular formula is C12H16BBrClFO3. The van der Waals surface area contributed by atoms with Crippen LogP contribution < -0.4 is 5.46 Å². The predicted molar refractivity (Wildman–Crippen MR) is 78.2 cm³/mol. The summed E-state index contributed by atoms with van der Waals surface area (Å²) in [6.45, 7) is 6.30. The molecule has 0 aliphatic carbocycles. The Morgan fingerprint density at radius 3 is 2.32 bits per heavy atom. The van der Waals surface area contributed by atoms with Crippen molar-refractivity contribution in [3.63, 3.8) is 0 Å². The first-order valence-corrected chi connectivity index (χ1v) is 6.86. The van der Waals surface area contributed by atoms with Gasteiger partial charge in [0.05, 0.1) is 16.2 Å². The Labute approximate surface area is 126 Å². The molecule has 3 nitrogen and oxygen atoms in total. The average molecular weight is 353 g/mol. The summed E-state index contributed by atoms with van der Waals surface area (Å²) in [5, 5.41) is 19.9. The van der Waals surface area contributed by atoms with Crippen LogP contribution in [0.25, 0.3) is 0 Å². The van der Waals surface area contributed by atoms with E-state index in [9.17, 15) is 14.5 Å². The van der Waals surface area contributed by atoms with Crippen molar-refractivity contribution in [3.05, 3.63) is 27.4 Å². The molecular weight excluding hydrogens is 337 g/mol. The third-order valence-corrected chi connectivity index (χ3v) is 4.19. The molecule has 0 saturated heterocycles. The second kappa shape index (κ2) is 5.70. The third-order valence-electron chi connectivity index (χ3n) is 3.21. The monoisotopic (exact) mass is 352 g/mol. The molecule has 7 heteroatoms. The van der Waals surface area contributed by atoms with Gasteiger partial charge in [-0.25, -0.2) is 4.39 Å². The number of hydrogen-bond acceptors (Lipinski definition) is 3. The van der Waals surface area contributed by atoms with Crippen molar-refractivity contribution in [1.82, 2.24) is 0 Å². The van der Waals surface area contributed by atoms with Crippen molar-refractivity contribution in [2.45, 2.75) is 38.9 Å². The lowest BCUT2D eigenvalue weighted by atomic mass is 9.76. The SMILES string of the molecule is CC(C)(O)C(C)(C)OB(O)c1c(Br)ccc(Cl)c1F. The van der Waals surface area contributed by atoms with Gasteiger partial charge in [0, 0.05) is 9.94 Å². The lowest BCUT2D eigenvalue weighted by Gasteiger charge is -2.38. The number of aliphatic hydroxyl groups is 1. The minimum atomic E-state index is -1.55. The zero-order valence-electron chi connectivity index (χ0n) is 11.2. The van der Waals surface area contributed by atoms with E-state index >= 15 is 0 Å². The van der Waals surface area contributed by atoms with Crippen LogP contribution in [-0.4, -0.2) is 28.5 Å². The molecule has 0 amide bonds. The van der Waals surface area contributed by atoms with E-state index in [0.717, 1.165) is 0 Å². The number of benzene rings is 1. The molecule has 0 atom stereocenters. The Kier molecular flexibility index (Phi) is 5.07. The highest BCUT2D eigenvalue weighted by Gasteiger charge is 2.41. The zero-order chi connectivity index (χ0) is 15.0. The number of halogens is 3. The van der Waals surface area contributed by atoms with Crippen LogP contribution in [0.15, 0.2) is 16.6 Å². The third kappa shape index (κ3) is 3.70. The maximum Gasteiger partial charge on any atom is 0.495 e. The fourth-order valence-corrected chi connectivity index (χ4v) is 1.92. The van der Waals surface area contributed by atoms with Crippen LogP contribution in [0, 0.1) is 5.82 Å². The normalized spacial score (nSPS) is 12.7. The molecule has 0 spiro atoms.